The van der Waals surface area contributed by atoms with Gasteiger partial charge < -0.3 is 0 Å². The molecule has 4 rings (SSSR count). The van der Waals surface area contributed by atoms with Gasteiger partial charge in [0.25, 0.3) is 0 Å². The fourth-order valence-electron chi connectivity index (χ4n) is 2.75. The zero-order valence-electron chi connectivity index (χ0n) is 14.5. The van der Waals surface area contributed by atoms with Gasteiger partial charge >= 0.3 is 0 Å². The van der Waals surface area contributed by atoms with E-state index in [9.17, 15) is 4.39 Å². The van der Waals surface area contributed by atoms with Crippen molar-refractivity contribution in [1.82, 2.24) is 14.8 Å². The van der Waals surface area contributed by atoms with Gasteiger partial charge in [0.15, 0.2) is 11.0 Å². The highest BCUT2D eigenvalue weighted by atomic mass is 35.5. The van der Waals surface area contributed by atoms with E-state index < -0.39 is 0 Å². The molecule has 0 saturated heterocycles. The first-order chi connectivity index (χ1) is 13.6. The van der Waals surface area contributed by atoms with Crippen LogP contribution in [0, 0.1) is 5.82 Å². The van der Waals surface area contributed by atoms with Crippen molar-refractivity contribution in [1.29, 1.82) is 0 Å². The first kappa shape index (κ1) is 19.0. The molecule has 3 aromatic carbocycles. The van der Waals surface area contributed by atoms with Crippen LogP contribution in [-0.4, -0.2) is 14.8 Å². The van der Waals surface area contributed by atoms with Crippen LogP contribution in [0.25, 0.3) is 17.1 Å². The van der Waals surface area contributed by atoms with Crippen LogP contribution < -0.4 is 0 Å². The van der Waals surface area contributed by atoms with Gasteiger partial charge in [0, 0.05) is 27.0 Å². The van der Waals surface area contributed by atoms with Crippen molar-refractivity contribution in [3.05, 3.63) is 94.2 Å². The third-order valence-electron chi connectivity index (χ3n) is 4.08. The topological polar surface area (TPSA) is 30.7 Å². The molecule has 0 amide bonds. The number of nitrogens with zero attached hydrogens (tertiary/aromatic N) is 3. The molecule has 0 saturated carbocycles. The minimum absolute atomic E-state index is 0.251. The van der Waals surface area contributed by atoms with Crippen LogP contribution in [0.15, 0.2) is 78.0 Å². The molecular formula is C21H14Cl2FN3S. The van der Waals surface area contributed by atoms with E-state index in [0.29, 0.717) is 26.8 Å². The molecule has 7 heteroatoms. The molecule has 0 aliphatic rings. The fraction of sp³-hybridized carbons (Fsp3) is 0.0476. The van der Waals surface area contributed by atoms with E-state index in [1.807, 2.05) is 59.2 Å². The summed E-state index contributed by atoms with van der Waals surface area (Å²) in [4.78, 5) is 0. The molecule has 0 atom stereocenters. The molecule has 3 nitrogen and oxygen atoms in total. The van der Waals surface area contributed by atoms with Crippen LogP contribution >= 0.6 is 35.0 Å². The number of hydrogen-bond donors (Lipinski definition) is 0. The van der Waals surface area contributed by atoms with Crippen molar-refractivity contribution < 1.29 is 4.39 Å². The lowest BCUT2D eigenvalue weighted by Crippen LogP contribution is -1.99. The number of thioether (sulfide) groups is 1. The Morgan fingerprint density at radius 3 is 2.21 bits per heavy atom. The summed E-state index contributed by atoms with van der Waals surface area (Å²) < 4.78 is 15.4. The van der Waals surface area contributed by atoms with E-state index >= 15 is 0 Å². The van der Waals surface area contributed by atoms with Crippen LogP contribution in [0.3, 0.4) is 0 Å². The van der Waals surface area contributed by atoms with Crippen molar-refractivity contribution in [3.63, 3.8) is 0 Å². The molecule has 0 spiro atoms. The summed E-state index contributed by atoms with van der Waals surface area (Å²) in [7, 11) is 0. The Morgan fingerprint density at radius 1 is 0.857 bits per heavy atom. The summed E-state index contributed by atoms with van der Waals surface area (Å²) in [6.45, 7) is 0. The minimum Gasteiger partial charge on any atom is -0.270 e. The highest BCUT2D eigenvalue weighted by Crippen LogP contribution is 2.30. The molecule has 4 aromatic rings. The molecule has 28 heavy (non-hydrogen) atoms. The van der Waals surface area contributed by atoms with Gasteiger partial charge in [-0.15, -0.1) is 10.2 Å². The second kappa shape index (κ2) is 8.35. The van der Waals surface area contributed by atoms with E-state index in [1.54, 1.807) is 6.07 Å². The van der Waals surface area contributed by atoms with Gasteiger partial charge in [0.1, 0.15) is 5.82 Å². The van der Waals surface area contributed by atoms with Crippen molar-refractivity contribution in [3.8, 4) is 17.1 Å². The average Bonchev–Trinajstić information content (AvgIpc) is 3.11. The summed E-state index contributed by atoms with van der Waals surface area (Å²) in [5, 5.41) is 10.8. The monoisotopic (exact) mass is 429 g/mol. The largest absolute Gasteiger partial charge is 0.270 e. The first-order valence-corrected chi connectivity index (χ1v) is 10.2. The Kier molecular flexibility index (Phi) is 5.67. The quantitative estimate of drug-likeness (QED) is 0.331. The Balaban J connectivity index is 1.73. The molecule has 0 aliphatic heterocycles. The third-order valence-corrected chi connectivity index (χ3v) is 5.58. The highest BCUT2D eigenvalue weighted by molar-refractivity contribution is 7.98. The smallest absolute Gasteiger partial charge is 0.196 e. The van der Waals surface area contributed by atoms with Crippen LogP contribution in [0.2, 0.25) is 10.0 Å². The lowest BCUT2D eigenvalue weighted by atomic mass is 10.2. The summed E-state index contributed by atoms with van der Waals surface area (Å²) in [5.41, 5.74) is 2.66. The standard InChI is InChI=1S/C21H14Cl2FN3S/c22-16-6-4-15(5-7-16)20-25-26-21(27(20)19-10-8-17(23)9-11-19)28-13-14-2-1-3-18(24)12-14/h1-12H,13H2. The number of benzene rings is 3. The van der Waals surface area contributed by atoms with E-state index in [4.69, 9.17) is 23.2 Å². The van der Waals surface area contributed by atoms with Crippen LogP contribution in [0.5, 0.6) is 0 Å². The summed E-state index contributed by atoms with van der Waals surface area (Å²) in [6, 6.07) is 21.5. The molecule has 0 unspecified atom stereocenters. The lowest BCUT2D eigenvalue weighted by Gasteiger charge is -2.11. The number of halogens is 3. The van der Waals surface area contributed by atoms with Gasteiger partial charge in [-0.3, -0.25) is 4.57 Å². The fourth-order valence-corrected chi connectivity index (χ4v) is 3.89. The van der Waals surface area contributed by atoms with Gasteiger partial charge in [-0.1, -0.05) is 47.1 Å². The van der Waals surface area contributed by atoms with E-state index in [2.05, 4.69) is 10.2 Å². The maximum Gasteiger partial charge on any atom is 0.196 e. The Labute approximate surface area is 176 Å². The Morgan fingerprint density at radius 2 is 1.54 bits per heavy atom. The normalized spacial score (nSPS) is 11.0. The average molecular weight is 430 g/mol. The maximum absolute atomic E-state index is 13.5. The molecular weight excluding hydrogens is 416 g/mol. The molecule has 1 aromatic heterocycles. The number of aromatic nitrogens is 3. The summed E-state index contributed by atoms with van der Waals surface area (Å²) in [5.74, 6) is 1.02. The molecule has 0 radical (unpaired) electrons. The van der Waals surface area contributed by atoms with Gasteiger partial charge in [-0.05, 0) is 66.2 Å². The van der Waals surface area contributed by atoms with Crippen molar-refractivity contribution >= 4 is 35.0 Å². The Bertz CT molecular complexity index is 1100. The van der Waals surface area contributed by atoms with Crippen molar-refractivity contribution in [2.24, 2.45) is 0 Å². The van der Waals surface area contributed by atoms with E-state index in [-0.39, 0.29) is 5.82 Å². The van der Waals surface area contributed by atoms with E-state index in [1.165, 1.54) is 23.9 Å². The van der Waals surface area contributed by atoms with Crippen LogP contribution in [0.1, 0.15) is 5.56 Å². The number of rotatable bonds is 5. The molecule has 140 valence electrons. The summed E-state index contributed by atoms with van der Waals surface area (Å²) in [6.07, 6.45) is 0. The van der Waals surface area contributed by atoms with Gasteiger partial charge in [0.05, 0.1) is 0 Å². The lowest BCUT2D eigenvalue weighted by molar-refractivity contribution is 0.626. The minimum atomic E-state index is -0.251. The van der Waals surface area contributed by atoms with Gasteiger partial charge in [0.2, 0.25) is 0 Å². The second-order valence-electron chi connectivity index (χ2n) is 6.04. The SMILES string of the molecule is Fc1cccc(CSc2nnc(-c3ccc(Cl)cc3)n2-c2ccc(Cl)cc2)c1. The van der Waals surface area contributed by atoms with E-state index in [0.717, 1.165) is 16.8 Å². The molecule has 0 bridgehead atoms. The van der Waals surface area contributed by atoms with Crippen LogP contribution in [-0.2, 0) is 5.75 Å². The first-order valence-electron chi connectivity index (χ1n) is 8.45. The van der Waals surface area contributed by atoms with Gasteiger partial charge in [-0.25, -0.2) is 4.39 Å². The third kappa shape index (κ3) is 4.22. The predicted octanol–water partition coefficient (Wildman–Crippen LogP) is 6.67. The predicted molar refractivity (Wildman–Crippen MR) is 113 cm³/mol. The van der Waals surface area contributed by atoms with Gasteiger partial charge in [-0.2, -0.15) is 0 Å². The summed E-state index contributed by atoms with van der Waals surface area (Å²) >= 11 is 13.6. The molecule has 0 aliphatic carbocycles. The zero-order chi connectivity index (χ0) is 19.5. The molecule has 1 heterocycles. The van der Waals surface area contributed by atoms with Crippen molar-refractivity contribution in [2.75, 3.05) is 0 Å². The molecule has 0 N–H and O–H groups in total. The Hall–Kier alpha value is -2.34. The number of hydrogen-bond acceptors (Lipinski definition) is 3. The zero-order valence-corrected chi connectivity index (χ0v) is 16.8. The van der Waals surface area contributed by atoms with Crippen LogP contribution in [0.4, 0.5) is 4.39 Å². The highest BCUT2D eigenvalue weighted by Gasteiger charge is 2.16. The van der Waals surface area contributed by atoms with Crippen molar-refractivity contribution in [2.45, 2.75) is 10.9 Å². The maximum atomic E-state index is 13.5. The second-order valence-corrected chi connectivity index (χ2v) is 7.86. The molecule has 0 fully saturated rings.